The molecule has 4 aliphatic carbocycles. The van der Waals surface area contributed by atoms with E-state index in [9.17, 15) is 5.26 Å². The Bertz CT molecular complexity index is 842. The van der Waals surface area contributed by atoms with E-state index in [2.05, 4.69) is 31.9 Å². The molecule has 0 aromatic carbocycles. The van der Waals surface area contributed by atoms with Gasteiger partial charge in [-0.2, -0.15) is 10.4 Å². The maximum absolute atomic E-state index is 9.46. The Morgan fingerprint density at radius 3 is 2.76 bits per heavy atom. The van der Waals surface area contributed by atoms with Crippen molar-refractivity contribution in [3.05, 3.63) is 18.0 Å². The molecule has 0 saturated heterocycles. The summed E-state index contributed by atoms with van der Waals surface area (Å²) in [6, 6.07) is 4.19. The largest absolute Gasteiger partial charge is 0.381 e. The summed E-state index contributed by atoms with van der Waals surface area (Å²) in [6.07, 6.45) is 15.9. The fraction of sp³-hybridized carbons (Fsp3) is 0.862. The number of rotatable bonds is 7. The van der Waals surface area contributed by atoms with Gasteiger partial charge in [0.05, 0.1) is 6.20 Å². The Labute approximate surface area is 201 Å². The third kappa shape index (κ3) is 4.18. The summed E-state index contributed by atoms with van der Waals surface area (Å²) in [5.74, 6) is 7.08. The molecular weight excluding hydrogens is 406 g/mol. The summed E-state index contributed by atoms with van der Waals surface area (Å²) < 4.78 is 7.78. The third-order valence-corrected chi connectivity index (χ3v) is 11.0. The lowest BCUT2D eigenvalue weighted by molar-refractivity contribution is -0.0797. The molecule has 1 heterocycles. The van der Waals surface area contributed by atoms with Crippen LogP contribution in [-0.4, -0.2) is 23.0 Å². The number of fused-ring (bicyclic) bond motifs is 5. The molecule has 0 spiro atoms. The first-order valence-corrected chi connectivity index (χ1v) is 14.1. The molecule has 33 heavy (non-hydrogen) atoms. The van der Waals surface area contributed by atoms with Crippen LogP contribution in [0, 0.1) is 64.1 Å². The highest BCUT2D eigenvalue weighted by Gasteiger charge is 2.57. The second kappa shape index (κ2) is 9.73. The lowest BCUT2D eigenvalue weighted by Gasteiger charge is -2.57. The van der Waals surface area contributed by atoms with Crippen molar-refractivity contribution in [2.45, 2.75) is 91.5 Å². The molecule has 4 nitrogen and oxygen atoms in total. The van der Waals surface area contributed by atoms with Crippen LogP contribution in [0.3, 0.4) is 0 Å². The zero-order valence-corrected chi connectivity index (χ0v) is 21.2. The van der Waals surface area contributed by atoms with Crippen LogP contribution in [0.1, 0.15) is 90.7 Å². The number of ether oxygens (including phenoxy) is 1. The van der Waals surface area contributed by atoms with Crippen molar-refractivity contribution >= 4 is 0 Å². The monoisotopic (exact) mass is 451 g/mol. The van der Waals surface area contributed by atoms with E-state index in [-0.39, 0.29) is 0 Å². The van der Waals surface area contributed by atoms with Gasteiger partial charge in [-0.15, -0.1) is 0 Å². The van der Waals surface area contributed by atoms with Gasteiger partial charge in [-0.25, -0.2) is 0 Å². The lowest BCUT2D eigenvalue weighted by Crippen LogP contribution is -2.49. The predicted octanol–water partition coefficient (Wildman–Crippen LogP) is 6.70. The molecule has 4 saturated carbocycles. The maximum Gasteiger partial charge on any atom is 0.138 e. The third-order valence-electron chi connectivity index (χ3n) is 11.0. The number of hydrogen-bond acceptors (Lipinski definition) is 3. The quantitative estimate of drug-likeness (QED) is 0.463. The molecule has 9 atom stereocenters. The molecular formula is C29H45N3O. The van der Waals surface area contributed by atoms with Crippen molar-refractivity contribution in [2.24, 2.45) is 52.8 Å². The van der Waals surface area contributed by atoms with Crippen molar-refractivity contribution in [1.29, 1.82) is 5.26 Å². The van der Waals surface area contributed by atoms with Gasteiger partial charge in [0.25, 0.3) is 0 Å². The van der Waals surface area contributed by atoms with Gasteiger partial charge in [-0.05, 0) is 124 Å². The molecule has 4 fully saturated rings. The Hall–Kier alpha value is -1.34. The zero-order valence-electron chi connectivity index (χ0n) is 21.2. The van der Waals surface area contributed by atoms with Crippen LogP contribution in [0.5, 0.6) is 0 Å². The zero-order chi connectivity index (χ0) is 23.0. The summed E-state index contributed by atoms with van der Waals surface area (Å²) in [7, 11) is 0. The molecule has 4 aliphatic rings. The molecule has 1 aromatic rings. The Balaban J connectivity index is 1.28. The van der Waals surface area contributed by atoms with Crippen molar-refractivity contribution in [3.63, 3.8) is 0 Å². The minimum Gasteiger partial charge on any atom is -0.381 e. The molecule has 0 N–H and O–H groups in total. The second-order valence-electron chi connectivity index (χ2n) is 12.2. The Morgan fingerprint density at radius 2 is 1.97 bits per heavy atom. The second-order valence-corrected chi connectivity index (χ2v) is 12.2. The van der Waals surface area contributed by atoms with E-state index in [1.54, 1.807) is 6.20 Å². The van der Waals surface area contributed by atoms with Crippen molar-refractivity contribution in [1.82, 2.24) is 9.78 Å². The first-order chi connectivity index (χ1) is 16.1. The molecule has 182 valence electrons. The first kappa shape index (κ1) is 23.4. The number of aromatic nitrogens is 2. The Kier molecular flexibility index (Phi) is 6.90. The lowest BCUT2D eigenvalue weighted by atomic mass is 9.48. The molecule has 0 amide bonds. The van der Waals surface area contributed by atoms with Gasteiger partial charge in [0.15, 0.2) is 0 Å². The van der Waals surface area contributed by atoms with Crippen molar-refractivity contribution < 1.29 is 4.74 Å². The summed E-state index contributed by atoms with van der Waals surface area (Å²) in [6.45, 7) is 9.93. The molecule has 0 bridgehead atoms. The van der Waals surface area contributed by atoms with Crippen LogP contribution in [0.25, 0.3) is 0 Å². The topological polar surface area (TPSA) is 50.8 Å². The molecule has 3 unspecified atom stereocenters. The van der Waals surface area contributed by atoms with Gasteiger partial charge in [0.1, 0.15) is 11.8 Å². The number of nitriles is 1. The van der Waals surface area contributed by atoms with Gasteiger partial charge < -0.3 is 4.74 Å². The Morgan fingerprint density at radius 1 is 1.12 bits per heavy atom. The standard InChI is InChI=1S/C29H45N3O/c1-4-21(18-32-23(17-30)13-15-31-32)27-10-11-28-26-9-7-22-16-20(19-33-5-2)6-8-24(22)25(26)12-14-29(27,28)3/h13,15,20-22,24-28H,4-12,14,16,18-19H2,1-3H3/t20-,21-,22+,24-,25?,26+,27?,28?,29+/m0/s1. The average molecular weight is 452 g/mol. The van der Waals surface area contributed by atoms with Crippen LogP contribution >= 0.6 is 0 Å². The van der Waals surface area contributed by atoms with Crippen molar-refractivity contribution in [2.75, 3.05) is 13.2 Å². The van der Waals surface area contributed by atoms with Crippen LogP contribution in [0.15, 0.2) is 12.3 Å². The van der Waals surface area contributed by atoms with Gasteiger partial charge in [0.2, 0.25) is 0 Å². The summed E-state index contributed by atoms with van der Waals surface area (Å²) in [5, 5.41) is 14.0. The van der Waals surface area contributed by atoms with Gasteiger partial charge in [-0.3, -0.25) is 4.68 Å². The first-order valence-electron chi connectivity index (χ1n) is 14.1. The average Bonchev–Trinajstić information content (AvgIpc) is 3.44. The van der Waals surface area contributed by atoms with E-state index < -0.39 is 0 Å². The predicted molar refractivity (Wildman–Crippen MR) is 131 cm³/mol. The van der Waals surface area contributed by atoms with Crippen LogP contribution < -0.4 is 0 Å². The van der Waals surface area contributed by atoms with Gasteiger partial charge in [0, 0.05) is 19.8 Å². The highest BCUT2D eigenvalue weighted by molar-refractivity contribution is 5.18. The summed E-state index contributed by atoms with van der Waals surface area (Å²) in [4.78, 5) is 0. The van der Waals surface area contributed by atoms with Crippen molar-refractivity contribution in [3.8, 4) is 6.07 Å². The molecule has 4 heteroatoms. The van der Waals surface area contributed by atoms with E-state index in [0.717, 1.165) is 66.9 Å². The molecule has 0 aliphatic heterocycles. The molecule has 1 aromatic heterocycles. The fourth-order valence-electron chi connectivity index (χ4n) is 9.54. The van der Waals surface area contributed by atoms with Gasteiger partial charge in [-0.1, -0.05) is 20.3 Å². The van der Waals surface area contributed by atoms with E-state index >= 15 is 0 Å². The van der Waals surface area contributed by atoms with Crippen LogP contribution in [0.2, 0.25) is 0 Å². The number of hydrogen-bond donors (Lipinski definition) is 0. The minimum absolute atomic E-state index is 0.487. The molecule has 5 rings (SSSR count). The van der Waals surface area contributed by atoms with Crippen LogP contribution in [-0.2, 0) is 11.3 Å². The van der Waals surface area contributed by atoms with Crippen LogP contribution in [0.4, 0.5) is 0 Å². The van der Waals surface area contributed by atoms with E-state index in [4.69, 9.17) is 4.74 Å². The summed E-state index contributed by atoms with van der Waals surface area (Å²) >= 11 is 0. The normalized spacial score (nSPS) is 41.0. The van der Waals surface area contributed by atoms with E-state index in [1.807, 2.05) is 10.7 Å². The molecule has 0 radical (unpaired) electrons. The summed E-state index contributed by atoms with van der Waals surface area (Å²) in [5.41, 5.74) is 1.20. The minimum atomic E-state index is 0.487. The maximum atomic E-state index is 9.46. The van der Waals surface area contributed by atoms with E-state index in [1.165, 1.54) is 64.2 Å². The SMILES string of the molecule is CCOC[C@H]1CC[C@@H]2C3CC[C@]4(C)C([C@@H](CC)Cn5nccc5C#N)CCC4[C@@H]3CC[C@@H]2C1. The van der Waals surface area contributed by atoms with Gasteiger partial charge >= 0.3 is 0 Å². The van der Waals surface area contributed by atoms with E-state index in [0.29, 0.717) is 11.3 Å². The fourth-order valence-corrected chi connectivity index (χ4v) is 9.54. The smallest absolute Gasteiger partial charge is 0.138 e. The highest BCUT2D eigenvalue weighted by atomic mass is 16.5. The highest BCUT2D eigenvalue weighted by Crippen LogP contribution is 2.65. The number of nitrogens with zero attached hydrogens (tertiary/aromatic N) is 3.